The number of halogens is 4. The summed E-state index contributed by atoms with van der Waals surface area (Å²) in [4.78, 5) is 26.7. The van der Waals surface area contributed by atoms with Crippen LogP contribution < -0.4 is 10.7 Å². The van der Waals surface area contributed by atoms with Gasteiger partial charge in [0.25, 0.3) is 11.8 Å². The molecule has 68 heavy (non-hydrogen) atoms. The first kappa shape index (κ1) is 47.1. The van der Waals surface area contributed by atoms with Crippen LogP contribution in [0.25, 0.3) is 34.7 Å². The highest BCUT2D eigenvalue weighted by molar-refractivity contribution is 7.99. The number of hydrogen-bond donors (Lipinski definition) is 2. The number of hydrazine groups is 1. The van der Waals surface area contributed by atoms with Gasteiger partial charge in [-0.2, -0.15) is 33.7 Å². The molecule has 5 heterocycles. The van der Waals surface area contributed by atoms with Gasteiger partial charge in [0.1, 0.15) is 11.6 Å². The molecule has 15 heteroatoms. The Balaban J connectivity index is 0.000000170. The summed E-state index contributed by atoms with van der Waals surface area (Å²) < 4.78 is 30.5. The lowest BCUT2D eigenvalue weighted by molar-refractivity contribution is 0.0743. The van der Waals surface area contributed by atoms with Gasteiger partial charge in [-0.15, -0.1) is 0 Å². The highest BCUT2D eigenvalue weighted by Crippen LogP contribution is 2.39. The summed E-state index contributed by atoms with van der Waals surface area (Å²) in [6.45, 7) is 3.68. The monoisotopic (exact) mass is 985 g/mol. The van der Waals surface area contributed by atoms with Crippen LogP contribution in [0.2, 0.25) is 10.0 Å². The lowest BCUT2D eigenvalue weighted by Gasteiger charge is -2.26. The van der Waals surface area contributed by atoms with Crippen LogP contribution in [0.5, 0.6) is 0 Å². The summed E-state index contributed by atoms with van der Waals surface area (Å²) in [5.74, 6) is 1.97. The molecule has 1 saturated heterocycles. The van der Waals surface area contributed by atoms with Crippen molar-refractivity contribution in [1.82, 2.24) is 35.3 Å². The molecule has 5 aromatic carbocycles. The van der Waals surface area contributed by atoms with Crippen LogP contribution in [0.1, 0.15) is 92.4 Å². The van der Waals surface area contributed by atoms with Gasteiger partial charge < -0.3 is 5.32 Å². The molecular weight excluding hydrogens is 940 g/mol. The van der Waals surface area contributed by atoms with Gasteiger partial charge in [-0.25, -0.2) is 23.2 Å². The van der Waals surface area contributed by atoms with Crippen molar-refractivity contribution >= 4 is 81.8 Å². The lowest BCUT2D eigenvalue weighted by Crippen LogP contribution is -2.45. The molecule has 0 unspecified atom stereocenters. The fourth-order valence-electron chi connectivity index (χ4n) is 8.43. The van der Waals surface area contributed by atoms with E-state index in [1.807, 2.05) is 112 Å². The van der Waals surface area contributed by atoms with E-state index in [4.69, 9.17) is 33.4 Å². The fraction of sp³-hybridized carbons (Fsp3) is 0.208. The maximum Gasteiger partial charge on any atom is 0.286 e. The summed E-state index contributed by atoms with van der Waals surface area (Å²) >= 11 is 15.7. The van der Waals surface area contributed by atoms with Crippen LogP contribution in [0.3, 0.4) is 0 Å². The number of benzene rings is 5. The third kappa shape index (κ3) is 11.0. The molecule has 7 aromatic rings. The van der Waals surface area contributed by atoms with Gasteiger partial charge in [0.2, 0.25) is 0 Å². The van der Waals surface area contributed by atoms with Gasteiger partial charge in [0, 0.05) is 57.3 Å². The normalized spacial score (nSPS) is 16.3. The number of carbonyl (C=O) groups is 2. The first-order valence-electron chi connectivity index (χ1n) is 22.3. The van der Waals surface area contributed by atoms with Gasteiger partial charge in [0.15, 0.2) is 11.4 Å². The third-order valence-electron chi connectivity index (χ3n) is 11.8. The summed E-state index contributed by atoms with van der Waals surface area (Å²) in [6, 6.07) is 37.4. The predicted octanol–water partition coefficient (Wildman–Crippen LogP) is 12.5. The standard InChI is InChI=1S/C28H23ClFN3OS.C25H24ClFN4OS/c1-18(20-5-3-2-4-6-20)31-28(34)26-25-17-35-16-21(15-19-7-11-23(30)12-8-19)27(25)33(32-26)24-13-9-22(29)10-14-24;26-19-6-10-21(11-7-19)31-24-18(14-17-4-8-20(27)9-5-17)15-33-16-22(24)23(28-31)25(32)29-30-12-2-1-3-13-30/h2-15,18H,16-17H2,1H3,(H,31,34);4-11,14H,1-3,12-13,15-16H2,(H,29,32)/b21-15+;18-14+/t18-;/m1./s1. The molecular formula is C53H47Cl2F2N7O2S2. The minimum atomic E-state index is -0.274. The Bertz CT molecular complexity index is 2970. The number of nitrogens with one attached hydrogen (secondary N) is 2. The van der Waals surface area contributed by atoms with Gasteiger partial charge in [-0.1, -0.05) is 84.2 Å². The van der Waals surface area contributed by atoms with Gasteiger partial charge in [0.05, 0.1) is 28.8 Å². The second kappa shape index (κ2) is 21.6. The summed E-state index contributed by atoms with van der Waals surface area (Å²) in [6.07, 6.45) is 7.44. The average Bonchev–Trinajstić information content (AvgIpc) is 3.96. The molecule has 0 saturated carbocycles. The van der Waals surface area contributed by atoms with E-state index < -0.39 is 0 Å². The van der Waals surface area contributed by atoms with Crippen molar-refractivity contribution in [2.45, 2.75) is 43.7 Å². The van der Waals surface area contributed by atoms with Crippen LogP contribution in [0.15, 0.2) is 127 Å². The number of aromatic nitrogens is 4. The summed E-state index contributed by atoms with van der Waals surface area (Å²) in [7, 11) is 0. The average molecular weight is 987 g/mol. The number of hydrogen-bond acceptors (Lipinski definition) is 7. The molecule has 9 nitrogen and oxygen atoms in total. The second-order valence-corrected chi connectivity index (χ2v) is 19.5. The van der Waals surface area contributed by atoms with E-state index in [1.54, 1.807) is 47.8 Å². The van der Waals surface area contributed by atoms with Crippen molar-refractivity contribution in [1.29, 1.82) is 0 Å². The van der Waals surface area contributed by atoms with E-state index in [2.05, 4.69) is 10.7 Å². The number of fused-ring (bicyclic) bond motifs is 2. The molecule has 0 radical (unpaired) electrons. The fourth-order valence-corrected chi connectivity index (χ4v) is 10.7. The van der Waals surface area contributed by atoms with E-state index in [-0.39, 0.29) is 29.5 Å². The number of amides is 2. The molecule has 10 rings (SSSR count). The highest BCUT2D eigenvalue weighted by atomic mass is 35.5. The van der Waals surface area contributed by atoms with Crippen LogP contribution >= 0.6 is 46.7 Å². The Morgan fingerprint density at radius 3 is 1.53 bits per heavy atom. The van der Waals surface area contributed by atoms with Crippen molar-refractivity contribution in [2.24, 2.45) is 0 Å². The lowest BCUT2D eigenvalue weighted by atomic mass is 10.0. The Hall–Kier alpha value is -5.96. The van der Waals surface area contributed by atoms with Crippen molar-refractivity contribution in [2.75, 3.05) is 24.6 Å². The van der Waals surface area contributed by atoms with Gasteiger partial charge in [-0.3, -0.25) is 15.0 Å². The molecule has 2 amide bonds. The van der Waals surface area contributed by atoms with E-state index >= 15 is 0 Å². The zero-order chi connectivity index (χ0) is 47.1. The third-order valence-corrected chi connectivity index (χ3v) is 14.4. The first-order valence-corrected chi connectivity index (χ1v) is 25.4. The topological polar surface area (TPSA) is 97.1 Å². The number of rotatable bonds is 9. The first-order chi connectivity index (χ1) is 33.1. The smallest absolute Gasteiger partial charge is 0.286 e. The van der Waals surface area contributed by atoms with Gasteiger partial charge in [-0.05, 0) is 133 Å². The number of thioether (sulfide) groups is 2. The zero-order valence-electron chi connectivity index (χ0n) is 37.1. The number of carbonyl (C=O) groups excluding carboxylic acids is 2. The van der Waals surface area contributed by atoms with Gasteiger partial charge >= 0.3 is 0 Å². The van der Waals surface area contributed by atoms with E-state index in [1.165, 1.54) is 30.7 Å². The minimum Gasteiger partial charge on any atom is -0.344 e. The Morgan fingerprint density at radius 2 is 1.06 bits per heavy atom. The number of nitrogens with zero attached hydrogens (tertiary/aromatic N) is 5. The minimum absolute atomic E-state index is 0.162. The molecule has 0 bridgehead atoms. The van der Waals surface area contributed by atoms with Crippen LogP contribution in [-0.2, 0) is 11.5 Å². The van der Waals surface area contributed by atoms with E-state index in [9.17, 15) is 18.4 Å². The van der Waals surface area contributed by atoms with Crippen LogP contribution in [0.4, 0.5) is 8.78 Å². The van der Waals surface area contributed by atoms with Crippen LogP contribution in [0, 0.1) is 11.6 Å². The molecule has 2 aromatic heterocycles. The molecule has 0 aliphatic carbocycles. The quantitative estimate of drug-likeness (QED) is 0.149. The number of piperidine rings is 1. The molecule has 1 atom stereocenters. The summed E-state index contributed by atoms with van der Waals surface area (Å²) in [5.41, 5.74) is 14.1. The molecule has 346 valence electrons. The van der Waals surface area contributed by atoms with Crippen molar-refractivity contribution in [3.8, 4) is 11.4 Å². The van der Waals surface area contributed by atoms with Crippen molar-refractivity contribution < 1.29 is 18.4 Å². The maximum atomic E-state index is 13.4. The Kier molecular flexibility index (Phi) is 14.9. The SMILES string of the molecule is C[C@@H](NC(=O)c1nn(-c2ccc(Cl)cc2)c2c1CSC/C2=C\c1ccc(F)cc1)c1ccccc1.O=C(NN1CCCCC1)c1nn(-c2ccc(Cl)cc2)c2c1CSC/C2=C\c1ccc(F)cc1. The molecule has 3 aliphatic rings. The Morgan fingerprint density at radius 1 is 0.603 bits per heavy atom. The van der Waals surface area contributed by atoms with Crippen LogP contribution in [-0.4, -0.2) is 61.0 Å². The van der Waals surface area contributed by atoms with Crippen molar-refractivity contribution in [3.63, 3.8) is 0 Å². The molecule has 0 spiro atoms. The highest BCUT2D eigenvalue weighted by Gasteiger charge is 2.31. The van der Waals surface area contributed by atoms with E-state index in [0.29, 0.717) is 32.9 Å². The summed E-state index contributed by atoms with van der Waals surface area (Å²) in [5, 5.41) is 15.9. The second-order valence-electron chi connectivity index (χ2n) is 16.7. The van der Waals surface area contributed by atoms with E-state index in [0.717, 1.165) is 99.2 Å². The molecule has 1 fully saturated rings. The molecule has 2 N–H and O–H groups in total. The molecule has 3 aliphatic heterocycles. The van der Waals surface area contributed by atoms with Crippen molar-refractivity contribution in [3.05, 3.63) is 200 Å². The largest absolute Gasteiger partial charge is 0.344 e. The predicted molar refractivity (Wildman–Crippen MR) is 273 cm³/mol. The maximum absolute atomic E-state index is 13.4. The Labute approximate surface area is 412 Å². The zero-order valence-corrected chi connectivity index (χ0v) is 40.2.